The maximum absolute atomic E-state index is 12.8. The van der Waals surface area contributed by atoms with Gasteiger partial charge in [0.05, 0.1) is 23.1 Å². The second kappa shape index (κ2) is 3.85. The van der Waals surface area contributed by atoms with Crippen molar-refractivity contribution in [3.05, 3.63) is 34.5 Å². The van der Waals surface area contributed by atoms with Crippen LogP contribution in [0.25, 0.3) is 11.4 Å². The molecule has 5 heteroatoms. The summed E-state index contributed by atoms with van der Waals surface area (Å²) in [6.07, 6.45) is 4.36. The van der Waals surface area contributed by atoms with Crippen molar-refractivity contribution in [3.8, 4) is 11.4 Å². The molecule has 0 spiro atoms. The van der Waals surface area contributed by atoms with E-state index in [-0.39, 0.29) is 11.4 Å². The Morgan fingerprint density at radius 3 is 2.71 bits per heavy atom. The predicted octanol–water partition coefficient (Wildman–Crippen LogP) is 2.68. The largest absolute Gasteiger partial charge is 0.319 e. The van der Waals surface area contributed by atoms with Crippen LogP contribution in [-0.4, -0.2) is 9.97 Å². The van der Waals surface area contributed by atoms with Crippen molar-refractivity contribution in [1.29, 1.82) is 0 Å². The number of hydrogen-bond acceptors (Lipinski definition) is 4. The van der Waals surface area contributed by atoms with Crippen LogP contribution in [0, 0.1) is 5.82 Å². The standard InChI is InChI=1S/C12H12FN3S/c13-8-2-3-9(15-6-8)10-7-17-11(16-10)12(14)4-1-5-12/h2-3,6-7H,1,4-5,14H2. The molecule has 0 radical (unpaired) electrons. The highest BCUT2D eigenvalue weighted by molar-refractivity contribution is 7.10. The molecule has 1 aliphatic carbocycles. The van der Waals surface area contributed by atoms with Gasteiger partial charge < -0.3 is 5.73 Å². The van der Waals surface area contributed by atoms with Crippen molar-refractivity contribution in [2.45, 2.75) is 24.8 Å². The third-order valence-electron chi connectivity index (χ3n) is 3.17. The summed E-state index contributed by atoms with van der Waals surface area (Å²) in [5, 5.41) is 2.90. The van der Waals surface area contributed by atoms with E-state index in [4.69, 9.17) is 5.73 Å². The van der Waals surface area contributed by atoms with E-state index in [1.165, 1.54) is 18.7 Å². The van der Waals surface area contributed by atoms with Crippen molar-refractivity contribution < 1.29 is 4.39 Å². The van der Waals surface area contributed by atoms with Crippen LogP contribution in [0.5, 0.6) is 0 Å². The first-order valence-electron chi connectivity index (χ1n) is 5.54. The molecular weight excluding hydrogens is 237 g/mol. The number of pyridine rings is 1. The highest BCUT2D eigenvalue weighted by Crippen LogP contribution is 2.40. The SMILES string of the molecule is NC1(c2nc(-c3ccc(F)cn3)cs2)CCC1. The Labute approximate surface area is 103 Å². The fraction of sp³-hybridized carbons (Fsp3) is 0.333. The summed E-state index contributed by atoms with van der Waals surface area (Å²) in [4.78, 5) is 8.53. The molecular formula is C12H12FN3S. The van der Waals surface area contributed by atoms with Gasteiger partial charge in [0.1, 0.15) is 10.8 Å². The Balaban J connectivity index is 1.92. The van der Waals surface area contributed by atoms with E-state index in [0.717, 1.165) is 23.5 Å². The van der Waals surface area contributed by atoms with Gasteiger partial charge in [0, 0.05) is 5.38 Å². The summed E-state index contributed by atoms with van der Waals surface area (Å²) in [5.41, 5.74) is 7.44. The lowest BCUT2D eigenvalue weighted by Crippen LogP contribution is -2.43. The van der Waals surface area contributed by atoms with E-state index in [9.17, 15) is 4.39 Å². The molecule has 1 fully saturated rings. The van der Waals surface area contributed by atoms with E-state index in [0.29, 0.717) is 5.69 Å². The molecule has 2 heterocycles. The summed E-state index contributed by atoms with van der Waals surface area (Å²) in [6.45, 7) is 0. The maximum atomic E-state index is 12.8. The molecule has 0 atom stereocenters. The molecule has 2 aromatic rings. The summed E-state index contributed by atoms with van der Waals surface area (Å²) >= 11 is 1.56. The number of halogens is 1. The molecule has 1 aliphatic rings. The Hall–Kier alpha value is -1.33. The molecule has 0 aliphatic heterocycles. The molecule has 0 bridgehead atoms. The first-order valence-corrected chi connectivity index (χ1v) is 6.42. The Morgan fingerprint density at radius 1 is 1.29 bits per heavy atom. The molecule has 0 unspecified atom stereocenters. The zero-order chi connectivity index (χ0) is 11.9. The highest BCUT2D eigenvalue weighted by Gasteiger charge is 2.37. The highest BCUT2D eigenvalue weighted by atomic mass is 32.1. The first-order chi connectivity index (χ1) is 8.17. The maximum Gasteiger partial charge on any atom is 0.141 e. The molecule has 88 valence electrons. The van der Waals surface area contributed by atoms with E-state index >= 15 is 0 Å². The smallest absolute Gasteiger partial charge is 0.141 e. The van der Waals surface area contributed by atoms with Crippen molar-refractivity contribution in [1.82, 2.24) is 9.97 Å². The molecule has 0 aromatic carbocycles. The topological polar surface area (TPSA) is 51.8 Å². The molecule has 2 aromatic heterocycles. The first kappa shape index (κ1) is 10.8. The Morgan fingerprint density at radius 2 is 2.12 bits per heavy atom. The average Bonchev–Trinajstić information content (AvgIpc) is 2.76. The molecule has 17 heavy (non-hydrogen) atoms. The number of nitrogens with zero attached hydrogens (tertiary/aromatic N) is 2. The predicted molar refractivity (Wildman–Crippen MR) is 65.0 cm³/mol. The van der Waals surface area contributed by atoms with Crippen molar-refractivity contribution in [3.63, 3.8) is 0 Å². The van der Waals surface area contributed by atoms with Crippen molar-refractivity contribution in [2.75, 3.05) is 0 Å². The van der Waals surface area contributed by atoms with E-state index in [1.807, 2.05) is 5.38 Å². The average molecular weight is 249 g/mol. The van der Waals surface area contributed by atoms with Gasteiger partial charge in [-0.25, -0.2) is 9.37 Å². The molecule has 3 nitrogen and oxygen atoms in total. The second-order valence-corrected chi connectivity index (χ2v) is 5.27. The van der Waals surface area contributed by atoms with Crippen LogP contribution in [0.3, 0.4) is 0 Å². The van der Waals surface area contributed by atoms with Crippen LogP contribution >= 0.6 is 11.3 Å². The van der Waals surface area contributed by atoms with Gasteiger partial charge >= 0.3 is 0 Å². The lowest BCUT2D eigenvalue weighted by Gasteiger charge is -2.35. The minimum absolute atomic E-state index is 0.233. The van der Waals surface area contributed by atoms with E-state index in [2.05, 4.69) is 9.97 Å². The van der Waals surface area contributed by atoms with Gasteiger partial charge in [0.15, 0.2) is 0 Å². The number of hydrogen-bond donors (Lipinski definition) is 1. The summed E-state index contributed by atoms with van der Waals surface area (Å²) in [5.74, 6) is -0.335. The number of nitrogens with two attached hydrogens (primary N) is 1. The molecule has 2 N–H and O–H groups in total. The van der Waals surface area contributed by atoms with Crippen LogP contribution in [0.4, 0.5) is 4.39 Å². The lowest BCUT2D eigenvalue weighted by molar-refractivity contribution is 0.253. The van der Waals surface area contributed by atoms with Crippen LogP contribution in [0.1, 0.15) is 24.3 Å². The fourth-order valence-corrected chi connectivity index (χ4v) is 2.91. The van der Waals surface area contributed by atoms with Crippen LogP contribution in [-0.2, 0) is 5.54 Å². The van der Waals surface area contributed by atoms with Gasteiger partial charge in [0.25, 0.3) is 0 Å². The van der Waals surface area contributed by atoms with Crippen molar-refractivity contribution >= 4 is 11.3 Å². The van der Waals surface area contributed by atoms with Crippen LogP contribution in [0.2, 0.25) is 0 Å². The van der Waals surface area contributed by atoms with Gasteiger partial charge in [-0.15, -0.1) is 11.3 Å². The quantitative estimate of drug-likeness (QED) is 0.890. The van der Waals surface area contributed by atoms with E-state index in [1.54, 1.807) is 17.4 Å². The molecule has 0 saturated heterocycles. The van der Waals surface area contributed by atoms with Gasteiger partial charge in [0.2, 0.25) is 0 Å². The molecule has 0 amide bonds. The van der Waals surface area contributed by atoms with Gasteiger partial charge in [-0.3, -0.25) is 4.98 Å². The third kappa shape index (κ3) is 1.85. The van der Waals surface area contributed by atoms with Gasteiger partial charge in [-0.2, -0.15) is 0 Å². The molecule has 1 saturated carbocycles. The number of rotatable bonds is 2. The third-order valence-corrected chi connectivity index (χ3v) is 4.23. The summed E-state index contributed by atoms with van der Waals surface area (Å²) in [7, 11) is 0. The zero-order valence-corrected chi connectivity index (χ0v) is 10.0. The van der Waals surface area contributed by atoms with Crippen LogP contribution < -0.4 is 5.73 Å². The number of thiazole rings is 1. The number of aromatic nitrogens is 2. The zero-order valence-electron chi connectivity index (χ0n) is 9.19. The van der Waals surface area contributed by atoms with Gasteiger partial charge in [-0.1, -0.05) is 0 Å². The Bertz CT molecular complexity index is 531. The normalized spacial score (nSPS) is 17.8. The Kier molecular flexibility index (Phi) is 2.45. The monoisotopic (exact) mass is 249 g/mol. The second-order valence-electron chi connectivity index (χ2n) is 4.41. The summed E-state index contributed by atoms with van der Waals surface area (Å²) in [6, 6.07) is 3.03. The van der Waals surface area contributed by atoms with E-state index < -0.39 is 0 Å². The molecule has 3 rings (SSSR count). The van der Waals surface area contributed by atoms with Crippen LogP contribution in [0.15, 0.2) is 23.7 Å². The van der Waals surface area contributed by atoms with Crippen molar-refractivity contribution in [2.24, 2.45) is 5.73 Å². The lowest BCUT2D eigenvalue weighted by atomic mass is 9.78. The van der Waals surface area contributed by atoms with Gasteiger partial charge in [-0.05, 0) is 31.4 Å². The summed E-state index contributed by atoms with van der Waals surface area (Å²) < 4.78 is 12.8. The fourth-order valence-electron chi connectivity index (χ4n) is 1.92. The minimum Gasteiger partial charge on any atom is -0.319 e. The minimum atomic E-state index is -0.335.